The van der Waals surface area contributed by atoms with Gasteiger partial charge in [0.25, 0.3) is 0 Å². The van der Waals surface area contributed by atoms with E-state index in [0.717, 1.165) is 33.8 Å². The molecule has 1 aromatic heterocycles. The van der Waals surface area contributed by atoms with Gasteiger partial charge in [0, 0.05) is 36.6 Å². The summed E-state index contributed by atoms with van der Waals surface area (Å²) in [6.45, 7) is 1.00. The summed E-state index contributed by atoms with van der Waals surface area (Å²) in [5, 5.41) is 14.6. The smallest absolute Gasteiger partial charge is 0.208 e. The fourth-order valence-electron chi connectivity index (χ4n) is 2.85. The van der Waals surface area contributed by atoms with Gasteiger partial charge in [-0.05, 0) is 53.3 Å². The molecule has 2 aromatic carbocycles. The largest absolute Gasteiger partial charge is 0.384 e. The standard InChI is InChI=1S/C20H20N4O2S/c1-27(25,26)24-8-3-7-23-20-12-18(11-17-6-9-22-14-19(17)20)16-5-2-4-15(10-16)13-21/h2,4-6,9-12,14,23-24H,3,7-8H2,1H3. The fourth-order valence-corrected chi connectivity index (χ4v) is 3.36. The van der Waals surface area contributed by atoms with E-state index in [2.05, 4.69) is 27.2 Å². The number of nitriles is 1. The maximum Gasteiger partial charge on any atom is 0.208 e. The first-order valence-corrected chi connectivity index (χ1v) is 10.4. The molecular weight excluding hydrogens is 360 g/mol. The first-order valence-electron chi connectivity index (χ1n) is 8.53. The van der Waals surface area contributed by atoms with E-state index in [1.165, 1.54) is 0 Å². The molecule has 0 aliphatic carbocycles. The Labute approximate surface area is 158 Å². The lowest BCUT2D eigenvalue weighted by Crippen LogP contribution is -2.24. The third-order valence-electron chi connectivity index (χ3n) is 4.11. The van der Waals surface area contributed by atoms with E-state index in [1.54, 1.807) is 12.3 Å². The van der Waals surface area contributed by atoms with Crippen LogP contribution in [0.5, 0.6) is 0 Å². The number of hydrogen-bond acceptors (Lipinski definition) is 5. The highest BCUT2D eigenvalue weighted by atomic mass is 32.2. The van der Waals surface area contributed by atoms with Crippen molar-refractivity contribution in [3.63, 3.8) is 0 Å². The Hall–Kier alpha value is -2.95. The molecule has 0 aliphatic rings. The van der Waals surface area contributed by atoms with Crippen LogP contribution >= 0.6 is 0 Å². The van der Waals surface area contributed by atoms with Gasteiger partial charge in [0.05, 0.1) is 17.9 Å². The van der Waals surface area contributed by atoms with Gasteiger partial charge in [0.1, 0.15) is 0 Å². The van der Waals surface area contributed by atoms with E-state index < -0.39 is 10.0 Å². The van der Waals surface area contributed by atoms with Gasteiger partial charge in [-0.3, -0.25) is 4.98 Å². The molecule has 2 N–H and O–H groups in total. The number of nitrogens with one attached hydrogen (secondary N) is 2. The maximum absolute atomic E-state index is 11.1. The quantitative estimate of drug-likeness (QED) is 0.614. The van der Waals surface area contributed by atoms with Crippen molar-refractivity contribution in [2.75, 3.05) is 24.7 Å². The second-order valence-corrected chi connectivity index (χ2v) is 8.09. The first-order chi connectivity index (χ1) is 13.0. The number of aromatic nitrogens is 1. The van der Waals surface area contributed by atoms with Crippen molar-refractivity contribution in [2.45, 2.75) is 6.42 Å². The van der Waals surface area contributed by atoms with Crippen molar-refractivity contribution < 1.29 is 8.42 Å². The number of pyridine rings is 1. The summed E-state index contributed by atoms with van der Waals surface area (Å²) in [5.41, 5.74) is 3.51. The Balaban J connectivity index is 1.86. The molecule has 27 heavy (non-hydrogen) atoms. The second kappa shape index (κ2) is 8.16. The lowest BCUT2D eigenvalue weighted by Gasteiger charge is -2.13. The summed E-state index contributed by atoms with van der Waals surface area (Å²) >= 11 is 0. The fraction of sp³-hybridized carbons (Fsp3) is 0.200. The molecule has 0 saturated carbocycles. The minimum atomic E-state index is -3.17. The summed E-state index contributed by atoms with van der Waals surface area (Å²) in [6.07, 6.45) is 5.36. The Morgan fingerprint density at radius 3 is 2.74 bits per heavy atom. The van der Waals surface area contributed by atoms with Crippen LogP contribution in [-0.2, 0) is 10.0 Å². The summed E-state index contributed by atoms with van der Waals surface area (Å²) in [6, 6.07) is 15.7. The maximum atomic E-state index is 11.1. The summed E-state index contributed by atoms with van der Waals surface area (Å²) in [5.74, 6) is 0. The third kappa shape index (κ3) is 5.03. The van der Waals surface area contributed by atoms with Gasteiger partial charge in [0.2, 0.25) is 10.0 Å². The monoisotopic (exact) mass is 380 g/mol. The molecule has 0 aliphatic heterocycles. The number of rotatable bonds is 7. The average molecular weight is 380 g/mol. The molecule has 6 nitrogen and oxygen atoms in total. The van der Waals surface area contributed by atoms with Gasteiger partial charge in [0.15, 0.2) is 0 Å². The van der Waals surface area contributed by atoms with Crippen molar-refractivity contribution in [3.8, 4) is 17.2 Å². The van der Waals surface area contributed by atoms with Crippen molar-refractivity contribution in [3.05, 3.63) is 60.4 Å². The zero-order chi connectivity index (χ0) is 19.3. The lowest BCUT2D eigenvalue weighted by molar-refractivity contribution is 0.586. The van der Waals surface area contributed by atoms with Gasteiger partial charge in [-0.25, -0.2) is 13.1 Å². The third-order valence-corrected chi connectivity index (χ3v) is 4.84. The molecule has 3 aromatic rings. The molecule has 0 fully saturated rings. The van der Waals surface area contributed by atoms with Gasteiger partial charge < -0.3 is 5.32 Å². The molecule has 0 radical (unpaired) electrons. The zero-order valence-corrected chi connectivity index (χ0v) is 15.8. The molecule has 0 bridgehead atoms. The van der Waals surface area contributed by atoms with E-state index in [9.17, 15) is 8.42 Å². The van der Waals surface area contributed by atoms with Crippen LogP contribution in [0, 0.1) is 11.3 Å². The molecule has 0 unspecified atom stereocenters. The van der Waals surface area contributed by atoms with Crippen molar-refractivity contribution >= 4 is 26.5 Å². The molecule has 0 atom stereocenters. The molecule has 0 saturated heterocycles. The number of benzene rings is 2. The van der Waals surface area contributed by atoms with Crippen LogP contribution in [-0.4, -0.2) is 32.7 Å². The highest BCUT2D eigenvalue weighted by molar-refractivity contribution is 7.88. The highest BCUT2D eigenvalue weighted by Gasteiger charge is 2.07. The lowest BCUT2D eigenvalue weighted by atomic mass is 9.99. The van der Waals surface area contributed by atoms with Crippen molar-refractivity contribution in [1.29, 1.82) is 5.26 Å². The molecular formula is C20H20N4O2S. The number of sulfonamides is 1. The van der Waals surface area contributed by atoms with Crippen LogP contribution in [0.25, 0.3) is 21.9 Å². The topological polar surface area (TPSA) is 94.9 Å². The minimum Gasteiger partial charge on any atom is -0.384 e. The van der Waals surface area contributed by atoms with Crippen LogP contribution < -0.4 is 10.0 Å². The van der Waals surface area contributed by atoms with Gasteiger partial charge >= 0.3 is 0 Å². The van der Waals surface area contributed by atoms with E-state index in [1.807, 2.05) is 36.5 Å². The van der Waals surface area contributed by atoms with Gasteiger partial charge in [-0.2, -0.15) is 5.26 Å². The summed E-state index contributed by atoms with van der Waals surface area (Å²) in [4.78, 5) is 4.21. The summed E-state index contributed by atoms with van der Waals surface area (Å²) < 4.78 is 24.7. The van der Waals surface area contributed by atoms with E-state index >= 15 is 0 Å². The Bertz CT molecular complexity index is 1100. The number of anilines is 1. The highest BCUT2D eigenvalue weighted by Crippen LogP contribution is 2.31. The van der Waals surface area contributed by atoms with E-state index in [-0.39, 0.29) is 0 Å². The normalized spacial score (nSPS) is 11.3. The van der Waals surface area contributed by atoms with Crippen molar-refractivity contribution in [2.24, 2.45) is 0 Å². The van der Waals surface area contributed by atoms with Crippen LogP contribution in [0.1, 0.15) is 12.0 Å². The molecule has 138 valence electrons. The van der Waals surface area contributed by atoms with Gasteiger partial charge in [-0.15, -0.1) is 0 Å². The Kier molecular flexibility index (Phi) is 5.69. The van der Waals surface area contributed by atoms with Crippen LogP contribution in [0.4, 0.5) is 5.69 Å². The second-order valence-electron chi connectivity index (χ2n) is 6.26. The molecule has 1 heterocycles. The molecule has 7 heteroatoms. The zero-order valence-electron chi connectivity index (χ0n) is 14.9. The summed E-state index contributed by atoms with van der Waals surface area (Å²) in [7, 11) is -3.17. The average Bonchev–Trinajstić information content (AvgIpc) is 2.66. The predicted molar refractivity (Wildman–Crippen MR) is 108 cm³/mol. The van der Waals surface area contributed by atoms with E-state index in [0.29, 0.717) is 25.1 Å². The molecule has 0 spiro atoms. The minimum absolute atomic E-state index is 0.381. The number of hydrogen-bond donors (Lipinski definition) is 2. The number of fused-ring (bicyclic) bond motifs is 1. The molecule has 0 amide bonds. The van der Waals surface area contributed by atoms with Gasteiger partial charge in [-0.1, -0.05) is 12.1 Å². The van der Waals surface area contributed by atoms with Crippen molar-refractivity contribution in [1.82, 2.24) is 9.71 Å². The molecule has 3 rings (SSSR count). The predicted octanol–water partition coefficient (Wildman–Crippen LogP) is 3.12. The van der Waals surface area contributed by atoms with Crippen LogP contribution in [0.2, 0.25) is 0 Å². The van der Waals surface area contributed by atoms with E-state index in [4.69, 9.17) is 5.26 Å². The Morgan fingerprint density at radius 1 is 1.11 bits per heavy atom. The van der Waals surface area contributed by atoms with Crippen LogP contribution in [0.15, 0.2) is 54.9 Å². The SMILES string of the molecule is CS(=O)(=O)NCCCNc1cc(-c2cccc(C#N)c2)cc2ccncc12. The Morgan fingerprint density at radius 2 is 1.96 bits per heavy atom. The van der Waals surface area contributed by atoms with Crippen LogP contribution in [0.3, 0.4) is 0 Å². The first kappa shape index (κ1) is 18.8. The number of nitrogens with zero attached hydrogens (tertiary/aromatic N) is 2.